The van der Waals surface area contributed by atoms with Crippen molar-refractivity contribution < 1.29 is 9.59 Å². The van der Waals surface area contributed by atoms with Crippen LogP contribution in [0, 0.1) is 5.92 Å². The summed E-state index contributed by atoms with van der Waals surface area (Å²) >= 11 is 1.31. The number of aromatic nitrogens is 1. The third-order valence-electron chi connectivity index (χ3n) is 4.85. The van der Waals surface area contributed by atoms with Crippen LogP contribution in [0.1, 0.15) is 44.6 Å². The highest BCUT2D eigenvalue weighted by Crippen LogP contribution is 2.18. The molecule has 0 radical (unpaired) electrons. The lowest BCUT2D eigenvalue weighted by Gasteiger charge is -2.35. The molecule has 1 saturated heterocycles. The standard InChI is InChI=1S/C19H33N5O2S/c1-5-22(6-2)7-8-23-9-11-24(12-10-23)18(26)16-14-27-19(20-16)21-17(25)13-15(3)4/h14-15H,5-13H2,1-4H3,(H,20,21,25). The quantitative estimate of drug-likeness (QED) is 0.694. The normalized spacial score (nSPS) is 15.6. The molecule has 0 atom stereocenters. The van der Waals surface area contributed by atoms with Crippen LogP contribution in [-0.4, -0.2) is 83.9 Å². The van der Waals surface area contributed by atoms with Gasteiger partial charge in [0.25, 0.3) is 5.91 Å². The number of hydrogen-bond donors (Lipinski definition) is 1. The molecule has 1 aliphatic rings. The van der Waals surface area contributed by atoms with E-state index in [2.05, 4.69) is 33.9 Å². The number of hydrogen-bond acceptors (Lipinski definition) is 6. The van der Waals surface area contributed by atoms with Crippen LogP contribution in [0.15, 0.2) is 5.38 Å². The first-order valence-corrected chi connectivity index (χ1v) is 10.8. The Morgan fingerprint density at radius 3 is 2.48 bits per heavy atom. The summed E-state index contributed by atoms with van der Waals surface area (Å²) in [5.74, 6) is 0.197. The molecule has 2 heterocycles. The van der Waals surface area contributed by atoms with Crippen molar-refractivity contribution in [2.24, 2.45) is 5.92 Å². The number of thiazole rings is 1. The molecule has 0 bridgehead atoms. The van der Waals surface area contributed by atoms with E-state index in [4.69, 9.17) is 0 Å². The van der Waals surface area contributed by atoms with E-state index in [-0.39, 0.29) is 11.8 Å². The second-order valence-corrected chi connectivity index (χ2v) is 8.20. The monoisotopic (exact) mass is 395 g/mol. The van der Waals surface area contributed by atoms with Gasteiger partial charge in [0.05, 0.1) is 0 Å². The molecule has 1 aromatic rings. The highest BCUT2D eigenvalue weighted by molar-refractivity contribution is 7.14. The fraction of sp³-hybridized carbons (Fsp3) is 0.737. The maximum atomic E-state index is 12.7. The van der Waals surface area contributed by atoms with Gasteiger partial charge in [-0.1, -0.05) is 27.7 Å². The van der Waals surface area contributed by atoms with Crippen molar-refractivity contribution in [3.05, 3.63) is 11.1 Å². The lowest BCUT2D eigenvalue weighted by molar-refractivity contribution is -0.116. The predicted octanol–water partition coefficient (Wildman–Crippen LogP) is 2.23. The van der Waals surface area contributed by atoms with Gasteiger partial charge in [0, 0.05) is 51.1 Å². The third-order valence-corrected chi connectivity index (χ3v) is 5.61. The van der Waals surface area contributed by atoms with E-state index in [9.17, 15) is 9.59 Å². The molecule has 0 aromatic carbocycles. The fourth-order valence-corrected chi connectivity index (χ4v) is 3.83. The maximum Gasteiger partial charge on any atom is 0.273 e. The molecular weight excluding hydrogens is 362 g/mol. The number of amides is 2. The number of piperazine rings is 1. The summed E-state index contributed by atoms with van der Waals surface area (Å²) in [5.41, 5.74) is 0.427. The van der Waals surface area contributed by atoms with Crippen molar-refractivity contribution >= 4 is 28.3 Å². The molecule has 1 aliphatic heterocycles. The van der Waals surface area contributed by atoms with Crippen molar-refractivity contribution in [1.82, 2.24) is 19.7 Å². The van der Waals surface area contributed by atoms with Gasteiger partial charge >= 0.3 is 0 Å². The smallest absolute Gasteiger partial charge is 0.273 e. The Bertz CT molecular complexity index is 607. The summed E-state index contributed by atoms with van der Waals surface area (Å²) < 4.78 is 0. The fourth-order valence-electron chi connectivity index (χ4n) is 3.13. The van der Waals surface area contributed by atoms with Crippen LogP contribution >= 0.6 is 11.3 Å². The predicted molar refractivity (Wildman–Crippen MR) is 110 cm³/mol. The van der Waals surface area contributed by atoms with E-state index < -0.39 is 0 Å². The van der Waals surface area contributed by atoms with Crippen molar-refractivity contribution in [1.29, 1.82) is 0 Å². The number of nitrogens with zero attached hydrogens (tertiary/aromatic N) is 4. The second-order valence-electron chi connectivity index (χ2n) is 7.34. The molecule has 27 heavy (non-hydrogen) atoms. The van der Waals surface area contributed by atoms with E-state index in [1.54, 1.807) is 5.38 Å². The van der Waals surface area contributed by atoms with Crippen LogP contribution in [0.3, 0.4) is 0 Å². The summed E-state index contributed by atoms with van der Waals surface area (Å²) in [6.07, 6.45) is 0.457. The number of likely N-dealkylation sites (N-methyl/N-ethyl adjacent to an activating group) is 1. The molecule has 0 spiro atoms. The van der Waals surface area contributed by atoms with Crippen LogP contribution in [0.4, 0.5) is 5.13 Å². The Balaban J connectivity index is 1.79. The van der Waals surface area contributed by atoms with Crippen LogP contribution in [0.25, 0.3) is 0 Å². The zero-order chi connectivity index (χ0) is 19.8. The third kappa shape index (κ3) is 6.86. The molecule has 1 N–H and O–H groups in total. The Kier molecular flexibility index (Phi) is 8.66. The molecule has 2 rings (SSSR count). The van der Waals surface area contributed by atoms with E-state index in [1.165, 1.54) is 11.3 Å². The molecule has 1 fully saturated rings. The van der Waals surface area contributed by atoms with E-state index in [0.717, 1.165) is 52.4 Å². The summed E-state index contributed by atoms with van der Waals surface area (Å²) in [6, 6.07) is 0. The highest BCUT2D eigenvalue weighted by atomic mass is 32.1. The summed E-state index contributed by atoms with van der Waals surface area (Å²) in [6.45, 7) is 15.9. The van der Waals surface area contributed by atoms with Crippen LogP contribution < -0.4 is 5.32 Å². The van der Waals surface area contributed by atoms with Gasteiger partial charge in [-0.3, -0.25) is 14.5 Å². The number of rotatable bonds is 9. The largest absolute Gasteiger partial charge is 0.335 e. The van der Waals surface area contributed by atoms with Gasteiger partial charge in [-0.15, -0.1) is 11.3 Å². The molecule has 152 valence electrons. The van der Waals surface area contributed by atoms with Crippen LogP contribution in [-0.2, 0) is 4.79 Å². The van der Waals surface area contributed by atoms with Gasteiger partial charge in [-0.05, 0) is 19.0 Å². The number of anilines is 1. The van der Waals surface area contributed by atoms with Crippen molar-refractivity contribution in [2.75, 3.05) is 57.7 Å². The molecule has 1 aromatic heterocycles. The lowest BCUT2D eigenvalue weighted by Crippen LogP contribution is -2.50. The zero-order valence-corrected chi connectivity index (χ0v) is 17.8. The summed E-state index contributed by atoms with van der Waals surface area (Å²) in [7, 11) is 0. The maximum absolute atomic E-state index is 12.7. The van der Waals surface area contributed by atoms with Gasteiger partial charge < -0.3 is 15.1 Å². The summed E-state index contributed by atoms with van der Waals surface area (Å²) in [4.78, 5) is 35.5. The van der Waals surface area contributed by atoms with Gasteiger partial charge in [-0.25, -0.2) is 4.98 Å². The number of carbonyl (C=O) groups excluding carboxylic acids is 2. The molecule has 0 saturated carbocycles. The molecule has 7 nitrogen and oxygen atoms in total. The van der Waals surface area contributed by atoms with Crippen LogP contribution in [0.5, 0.6) is 0 Å². The first-order chi connectivity index (χ1) is 12.9. The minimum Gasteiger partial charge on any atom is -0.335 e. The van der Waals surface area contributed by atoms with Gasteiger partial charge in [0.1, 0.15) is 5.69 Å². The minimum atomic E-state index is -0.0554. The van der Waals surface area contributed by atoms with E-state index >= 15 is 0 Å². The number of carbonyl (C=O) groups is 2. The Labute approximate surface area is 166 Å². The zero-order valence-electron chi connectivity index (χ0n) is 17.0. The second kappa shape index (κ2) is 10.7. The minimum absolute atomic E-state index is 0.0426. The van der Waals surface area contributed by atoms with Crippen molar-refractivity contribution in [3.8, 4) is 0 Å². The van der Waals surface area contributed by atoms with E-state index in [1.807, 2.05) is 18.7 Å². The number of nitrogens with one attached hydrogen (secondary N) is 1. The molecule has 0 unspecified atom stereocenters. The summed E-state index contributed by atoms with van der Waals surface area (Å²) in [5, 5.41) is 5.02. The van der Waals surface area contributed by atoms with E-state index in [0.29, 0.717) is 23.2 Å². The topological polar surface area (TPSA) is 68.8 Å². The first kappa shape index (κ1) is 21.8. The Hall–Kier alpha value is -1.51. The SMILES string of the molecule is CCN(CC)CCN1CCN(C(=O)c2csc(NC(=O)CC(C)C)n2)CC1. The van der Waals surface area contributed by atoms with Crippen molar-refractivity contribution in [3.63, 3.8) is 0 Å². The van der Waals surface area contributed by atoms with Crippen LogP contribution in [0.2, 0.25) is 0 Å². The Morgan fingerprint density at radius 1 is 1.22 bits per heavy atom. The van der Waals surface area contributed by atoms with Crippen molar-refractivity contribution in [2.45, 2.75) is 34.1 Å². The molecule has 2 amide bonds. The Morgan fingerprint density at radius 2 is 1.89 bits per heavy atom. The van der Waals surface area contributed by atoms with Gasteiger partial charge in [0.15, 0.2) is 5.13 Å². The van der Waals surface area contributed by atoms with Gasteiger partial charge in [-0.2, -0.15) is 0 Å². The highest BCUT2D eigenvalue weighted by Gasteiger charge is 2.24. The first-order valence-electron chi connectivity index (χ1n) is 9.92. The average Bonchev–Trinajstić information content (AvgIpc) is 3.10. The average molecular weight is 396 g/mol. The molecular formula is C19H33N5O2S. The lowest BCUT2D eigenvalue weighted by atomic mass is 10.1. The van der Waals surface area contributed by atoms with Gasteiger partial charge in [0.2, 0.25) is 5.91 Å². The molecule has 8 heteroatoms. The molecule has 0 aliphatic carbocycles.